The number of pyridine rings is 1. The summed E-state index contributed by atoms with van der Waals surface area (Å²) in [7, 11) is 0. The van der Waals surface area contributed by atoms with E-state index in [1.165, 1.54) is 0 Å². The molecule has 0 spiro atoms. The number of nitrogens with two attached hydrogens (primary N) is 2. The van der Waals surface area contributed by atoms with Gasteiger partial charge in [-0.2, -0.15) is 0 Å². The number of aromatic nitrogens is 1. The molecular formula is C19H27Cl2N5O2. The van der Waals surface area contributed by atoms with Crippen LogP contribution < -0.4 is 22.1 Å². The number of nitrogens with zero attached hydrogens (tertiary/aromatic N) is 1. The molecule has 0 unspecified atom stereocenters. The van der Waals surface area contributed by atoms with E-state index in [-0.39, 0.29) is 36.6 Å². The first-order valence-corrected chi connectivity index (χ1v) is 8.53. The van der Waals surface area contributed by atoms with Crippen LogP contribution in [0.5, 0.6) is 0 Å². The second-order valence-electron chi connectivity index (χ2n) is 6.17. The third-order valence-corrected chi connectivity index (χ3v) is 3.99. The molecule has 154 valence electrons. The van der Waals surface area contributed by atoms with Crippen molar-refractivity contribution in [3.63, 3.8) is 0 Å². The molecular weight excluding hydrogens is 401 g/mol. The minimum Gasteiger partial charge on any atom is -0.384 e. The summed E-state index contributed by atoms with van der Waals surface area (Å²) in [4.78, 5) is 28.2. The monoisotopic (exact) mass is 427 g/mol. The predicted molar refractivity (Wildman–Crippen MR) is 115 cm³/mol. The van der Waals surface area contributed by atoms with Crippen LogP contribution in [0, 0.1) is 0 Å². The van der Waals surface area contributed by atoms with Gasteiger partial charge < -0.3 is 22.1 Å². The van der Waals surface area contributed by atoms with E-state index in [0.29, 0.717) is 25.2 Å². The molecule has 7 nitrogen and oxygen atoms in total. The van der Waals surface area contributed by atoms with Gasteiger partial charge in [0.25, 0.3) is 0 Å². The van der Waals surface area contributed by atoms with Gasteiger partial charge in [0.15, 0.2) is 0 Å². The van der Waals surface area contributed by atoms with Crippen LogP contribution in [0.2, 0.25) is 0 Å². The van der Waals surface area contributed by atoms with E-state index in [4.69, 9.17) is 11.5 Å². The predicted octanol–water partition coefficient (Wildman–Crippen LogP) is 1.59. The maximum atomic E-state index is 12.2. The van der Waals surface area contributed by atoms with Crippen molar-refractivity contribution >= 4 is 42.4 Å². The van der Waals surface area contributed by atoms with E-state index in [2.05, 4.69) is 15.6 Å². The van der Waals surface area contributed by atoms with Crippen LogP contribution in [0.4, 0.5) is 5.82 Å². The Labute approximate surface area is 177 Å². The molecule has 28 heavy (non-hydrogen) atoms. The van der Waals surface area contributed by atoms with E-state index in [1.54, 1.807) is 25.3 Å². The van der Waals surface area contributed by atoms with Gasteiger partial charge in [-0.3, -0.25) is 9.59 Å². The number of nitrogens with one attached hydrogen (secondary N) is 2. The molecule has 2 rings (SSSR count). The van der Waals surface area contributed by atoms with Crippen molar-refractivity contribution in [1.82, 2.24) is 15.6 Å². The number of nitrogen functional groups attached to an aromatic ring is 1. The summed E-state index contributed by atoms with van der Waals surface area (Å²) < 4.78 is 0. The summed E-state index contributed by atoms with van der Waals surface area (Å²) in [5.41, 5.74) is 13.5. The maximum absolute atomic E-state index is 12.2. The zero-order valence-electron chi connectivity index (χ0n) is 15.6. The van der Waals surface area contributed by atoms with Gasteiger partial charge in [0.05, 0.1) is 6.04 Å². The number of hydrogen-bond donors (Lipinski definition) is 4. The Morgan fingerprint density at radius 1 is 1.07 bits per heavy atom. The molecule has 0 saturated heterocycles. The fourth-order valence-electron chi connectivity index (χ4n) is 2.43. The van der Waals surface area contributed by atoms with Gasteiger partial charge in [0.2, 0.25) is 11.8 Å². The summed E-state index contributed by atoms with van der Waals surface area (Å²) in [6.07, 6.45) is 2.80. The van der Waals surface area contributed by atoms with Gasteiger partial charge in [-0.05, 0) is 43.0 Å². The molecule has 0 bridgehead atoms. The van der Waals surface area contributed by atoms with Gasteiger partial charge in [-0.25, -0.2) is 4.98 Å². The van der Waals surface area contributed by atoms with Crippen LogP contribution >= 0.6 is 24.8 Å². The van der Waals surface area contributed by atoms with E-state index >= 15 is 0 Å². The Balaban J connectivity index is 0.00000364. The van der Waals surface area contributed by atoms with Gasteiger partial charge in [-0.15, -0.1) is 24.8 Å². The van der Waals surface area contributed by atoms with Crippen molar-refractivity contribution in [2.24, 2.45) is 5.73 Å². The van der Waals surface area contributed by atoms with Crippen LogP contribution in [0.1, 0.15) is 24.5 Å². The fourth-order valence-corrected chi connectivity index (χ4v) is 2.43. The van der Waals surface area contributed by atoms with Crippen molar-refractivity contribution in [2.45, 2.75) is 38.4 Å². The lowest BCUT2D eigenvalue weighted by atomic mass is 10.1. The lowest BCUT2D eigenvalue weighted by Gasteiger charge is -2.17. The zero-order chi connectivity index (χ0) is 18.9. The summed E-state index contributed by atoms with van der Waals surface area (Å²) in [6.45, 7) is 1.93. The number of hydrogen-bond acceptors (Lipinski definition) is 5. The molecule has 1 aromatic carbocycles. The minimum absolute atomic E-state index is 0. The normalized spacial score (nSPS) is 11.9. The third-order valence-electron chi connectivity index (χ3n) is 3.99. The SMILES string of the molecule is C[C@H](NC(=O)[C@H](N)CCc1ccccc1)C(=O)NCc1ccnc(N)c1.Cl.Cl. The Morgan fingerprint density at radius 2 is 1.75 bits per heavy atom. The molecule has 9 heteroatoms. The molecule has 2 atom stereocenters. The van der Waals surface area contributed by atoms with Crippen LogP contribution in [0.15, 0.2) is 48.7 Å². The summed E-state index contributed by atoms with van der Waals surface area (Å²) in [5.74, 6) is -0.233. The Hall–Kier alpha value is -2.35. The molecule has 0 aliphatic heterocycles. The highest BCUT2D eigenvalue weighted by Gasteiger charge is 2.19. The van der Waals surface area contributed by atoms with Crippen LogP contribution in [0.3, 0.4) is 0 Å². The van der Waals surface area contributed by atoms with Crippen LogP contribution in [-0.4, -0.2) is 28.9 Å². The fraction of sp³-hybridized carbons (Fsp3) is 0.316. The lowest BCUT2D eigenvalue weighted by Crippen LogP contribution is -2.50. The molecule has 2 amide bonds. The molecule has 6 N–H and O–H groups in total. The summed E-state index contributed by atoms with van der Waals surface area (Å²) in [6, 6.07) is 11.9. The molecule has 1 aromatic heterocycles. The Morgan fingerprint density at radius 3 is 2.39 bits per heavy atom. The van der Waals surface area contributed by atoms with Crippen molar-refractivity contribution in [3.05, 3.63) is 59.8 Å². The van der Waals surface area contributed by atoms with Crippen molar-refractivity contribution in [2.75, 3.05) is 5.73 Å². The quantitative estimate of drug-likeness (QED) is 0.509. The number of carbonyl (C=O) groups is 2. The van der Waals surface area contributed by atoms with Crippen LogP contribution in [0.25, 0.3) is 0 Å². The zero-order valence-corrected chi connectivity index (χ0v) is 17.3. The van der Waals surface area contributed by atoms with Crippen LogP contribution in [-0.2, 0) is 22.6 Å². The highest BCUT2D eigenvalue weighted by molar-refractivity contribution is 5.89. The van der Waals surface area contributed by atoms with E-state index in [9.17, 15) is 9.59 Å². The standard InChI is InChI=1S/C19H25N5O2.2ClH/c1-13(18(25)23-12-15-9-10-22-17(21)11-15)24-19(26)16(20)8-7-14-5-3-2-4-6-14;;/h2-6,9-11,13,16H,7-8,12,20H2,1H3,(H2,21,22)(H,23,25)(H,24,26);2*1H/t13-,16+;;/m0../s1. The number of amides is 2. The van der Waals surface area contributed by atoms with Gasteiger partial charge >= 0.3 is 0 Å². The van der Waals surface area contributed by atoms with E-state index in [1.807, 2.05) is 30.3 Å². The third kappa shape index (κ3) is 8.56. The first kappa shape index (κ1) is 25.6. The molecule has 0 aliphatic rings. The number of halogens is 2. The van der Waals surface area contributed by atoms with Crippen molar-refractivity contribution in [1.29, 1.82) is 0 Å². The van der Waals surface area contributed by atoms with Crippen molar-refractivity contribution < 1.29 is 9.59 Å². The van der Waals surface area contributed by atoms with Crippen molar-refractivity contribution in [3.8, 4) is 0 Å². The van der Waals surface area contributed by atoms with E-state index < -0.39 is 12.1 Å². The second kappa shape index (κ2) is 12.9. The second-order valence-corrected chi connectivity index (χ2v) is 6.17. The number of rotatable bonds is 8. The molecule has 2 aromatic rings. The smallest absolute Gasteiger partial charge is 0.242 e. The maximum Gasteiger partial charge on any atom is 0.242 e. The highest BCUT2D eigenvalue weighted by Crippen LogP contribution is 2.05. The average molecular weight is 428 g/mol. The minimum atomic E-state index is -0.676. The highest BCUT2D eigenvalue weighted by atomic mass is 35.5. The number of benzene rings is 1. The number of anilines is 1. The Bertz CT molecular complexity index is 746. The summed E-state index contributed by atoms with van der Waals surface area (Å²) in [5, 5.41) is 5.40. The summed E-state index contributed by atoms with van der Waals surface area (Å²) >= 11 is 0. The molecule has 0 radical (unpaired) electrons. The van der Waals surface area contributed by atoms with Gasteiger partial charge in [0.1, 0.15) is 11.9 Å². The lowest BCUT2D eigenvalue weighted by molar-refractivity contribution is -0.129. The topological polar surface area (TPSA) is 123 Å². The first-order chi connectivity index (χ1) is 12.5. The van der Waals surface area contributed by atoms with Gasteiger partial charge in [0, 0.05) is 12.7 Å². The van der Waals surface area contributed by atoms with Gasteiger partial charge in [-0.1, -0.05) is 30.3 Å². The molecule has 0 fully saturated rings. The van der Waals surface area contributed by atoms with E-state index in [0.717, 1.165) is 11.1 Å². The average Bonchev–Trinajstić information content (AvgIpc) is 2.64. The molecule has 1 heterocycles. The molecule has 0 saturated carbocycles. The molecule has 0 aliphatic carbocycles. The number of carbonyl (C=O) groups excluding carboxylic acids is 2. The Kier molecular flexibility index (Phi) is 11.8. The first-order valence-electron chi connectivity index (χ1n) is 8.53. The largest absolute Gasteiger partial charge is 0.384 e. The number of aryl methyl sites for hydroxylation is 1.